The molecule has 0 fully saturated rings. The van der Waals surface area contributed by atoms with Crippen molar-refractivity contribution in [2.75, 3.05) is 12.4 Å². The van der Waals surface area contributed by atoms with E-state index in [1.807, 2.05) is 13.8 Å². The van der Waals surface area contributed by atoms with Crippen LogP contribution in [0.3, 0.4) is 0 Å². The first-order valence-corrected chi connectivity index (χ1v) is 11.2. The molecule has 0 aromatic rings. The molecule has 170 valence electrons. The van der Waals surface area contributed by atoms with Gasteiger partial charge in [0.1, 0.15) is 5.60 Å². The molecule has 0 aromatic carbocycles. The molecule has 1 rings (SSSR count). The molecule has 30 heavy (non-hydrogen) atoms. The third kappa shape index (κ3) is 7.62. The number of hydrogen-bond acceptors (Lipinski definition) is 7. The fourth-order valence-electron chi connectivity index (χ4n) is 2.93. The SMILES string of the molecule is CCOC(=O)[C@@H](CC=N)CSN1C(=O)CC(CC)(CC)[NH+]=C1NC(=O)OC(C)(C)C. The van der Waals surface area contributed by atoms with Crippen molar-refractivity contribution in [2.45, 2.75) is 78.4 Å². The Morgan fingerprint density at radius 3 is 2.47 bits per heavy atom. The van der Waals surface area contributed by atoms with E-state index >= 15 is 0 Å². The summed E-state index contributed by atoms with van der Waals surface area (Å²) in [6.45, 7) is 11.2. The van der Waals surface area contributed by atoms with Crippen molar-refractivity contribution in [1.82, 2.24) is 9.62 Å². The second-order valence-corrected chi connectivity index (χ2v) is 9.09. The number of amides is 2. The minimum Gasteiger partial charge on any atom is -0.466 e. The van der Waals surface area contributed by atoms with Gasteiger partial charge in [-0.2, -0.15) is 5.32 Å². The molecule has 9 nitrogen and oxygen atoms in total. The van der Waals surface area contributed by atoms with Gasteiger partial charge in [0.05, 0.1) is 24.5 Å². The van der Waals surface area contributed by atoms with Gasteiger partial charge in [0.2, 0.25) is 0 Å². The van der Waals surface area contributed by atoms with E-state index in [0.717, 1.165) is 18.2 Å². The van der Waals surface area contributed by atoms with Crippen LogP contribution in [0.4, 0.5) is 4.79 Å². The van der Waals surface area contributed by atoms with E-state index in [1.165, 1.54) is 4.31 Å². The number of ether oxygens (including phenoxy) is 2. The van der Waals surface area contributed by atoms with Crippen LogP contribution >= 0.6 is 11.9 Å². The third-order valence-corrected chi connectivity index (χ3v) is 5.90. The smallest absolute Gasteiger partial charge is 0.466 e. The molecule has 0 saturated carbocycles. The van der Waals surface area contributed by atoms with Crippen molar-refractivity contribution >= 4 is 42.1 Å². The zero-order chi connectivity index (χ0) is 22.9. The molecule has 0 radical (unpaired) electrons. The number of guanidine groups is 1. The first kappa shape index (κ1) is 25.9. The van der Waals surface area contributed by atoms with E-state index in [-0.39, 0.29) is 37.1 Å². The molecule has 10 heteroatoms. The Labute approximate surface area is 183 Å². The number of rotatable bonds is 9. The van der Waals surface area contributed by atoms with E-state index in [9.17, 15) is 14.4 Å². The quantitative estimate of drug-likeness (QED) is 0.283. The maximum Gasteiger partial charge on any atom is 0.476 e. The average molecular weight is 444 g/mol. The minimum absolute atomic E-state index is 0.175. The van der Waals surface area contributed by atoms with Crippen LogP contribution in [0.2, 0.25) is 0 Å². The number of carbonyl (C=O) groups excluding carboxylic acids is 3. The minimum atomic E-state index is -0.688. The Hall–Kier alpha value is -2.10. The highest BCUT2D eigenvalue weighted by atomic mass is 32.2. The number of hydrogen-bond donors (Lipinski definition) is 3. The second kappa shape index (κ2) is 11.3. The van der Waals surface area contributed by atoms with Crippen molar-refractivity contribution in [3.8, 4) is 0 Å². The van der Waals surface area contributed by atoms with Gasteiger partial charge in [-0.3, -0.25) is 14.6 Å². The normalized spacial score (nSPS) is 17.1. The van der Waals surface area contributed by atoms with Gasteiger partial charge in [0.25, 0.3) is 5.91 Å². The standard InChI is InChI=1S/C20H34N4O5S/c1-7-20(8-2)12-15(25)24(17(23-20)22-18(27)29-19(4,5)6)30-13-14(10-11-21)16(26)28-9-3/h11,14,21H,7-10,12-13H2,1-6H3,(H,22,23,27)/p+1/t14-/m0/s1. The van der Waals surface area contributed by atoms with Crippen LogP contribution in [0.15, 0.2) is 0 Å². The fourth-order valence-corrected chi connectivity index (χ4v) is 3.96. The predicted octanol–water partition coefficient (Wildman–Crippen LogP) is 1.61. The Bertz CT molecular complexity index is 671. The average Bonchev–Trinajstić information content (AvgIpc) is 2.64. The Morgan fingerprint density at radius 2 is 1.97 bits per heavy atom. The molecule has 0 saturated heterocycles. The maximum absolute atomic E-state index is 13.0. The summed E-state index contributed by atoms with van der Waals surface area (Å²) in [5, 5.41) is 9.98. The van der Waals surface area contributed by atoms with E-state index in [2.05, 4.69) is 10.3 Å². The van der Waals surface area contributed by atoms with Crippen LogP contribution in [0.1, 0.15) is 67.2 Å². The summed E-state index contributed by atoms with van der Waals surface area (Å²) < 4.78 is 11.8. The molecule has 2 amide bonds. The van der Waals surface area contributed by atoms with Crippen molar-refractivity contribution in [1.29, 1.82) is 5.41 Å². The van der Waals surface area contributed by atoms with Gasteiger partial charge in [-0.25, -0.2) is 4.79 Å². The molecule has 0 aliphatic carbocycles. The second-order valence-electron chi connectivity index (χ2n) is 8.14. The largest absolute Gasteiger partial charge is 0.476 e. The van der Waals surface area contributed by atoms with Crippen LogP contribution in [0.25, 0.3) is 0 Å². The Balaban J connectivity index is 3.09. The van der Waals surface area contributed by atoms with Crippen LogP contribution in [0, 0.1) is 11.3 Å². The van der Waals surface area contributed by atoms with E-state index in [1.54, 1.807) is 27.7 Å². The molecule has 0 unspecified atom stereocenters. The Morgan fingerprint density at radius 1 is 1.33 bits per heavy atom. The summed E-state index contributed by atoms with van der Waals surface area (Å²) in [4.78, 5) is 40.8. The van der Waals surface area contributed by atoms with Gasteiger partial charge < -0.3 is 14.9 Å². The zero-order valence-electron chi connectivity index (χ0n) is 18.8. The monoisotopic (exact) mass is 443 g/mol. The van der Waals surface area contributed by atoms with Crippen LogP contribution in [-0.4, -0.2) is 57.9 Å². The van der Waals surface area contributed by atoms with E-state index in [4.69, 9.17) is 14.9 Å². The summed E-state index contributed by atoms with van der Waals surface area (Å²) in [7, 11) is 0. The van der Waals surface area contributed by atoms with E-state index < -0.39 is 29.1 Å². The van der Waals surface area contributed by atoms with Crippen molar-refractivity contribution < 1.29 is 28.8 Å². The lowest BCUT2D eigenvalue weighted by Crippen LogP contribution is -2.94. The van der Waals surface area contributed by atoms with E-state index in [0.29, 0.717) is 12.8 Å². The van der Waals surface area contributed by atoms with Crippen LogP contribution in [0.5, 0.6) is 0 Å². The van der Waals surface area contributed by atoms with Gasteiger partial charge in [-0.1, -0.05) is 13.8 Å². The lowest BCUT2D eigenvalue weighted by molar-refractivity contribution is -0.563. The zero-order valence-corrected chi connectivity index (χ0v) is 19.6. The van der Waals surface area contributed by atoms with Crippen LogP contribution < -0.4 is 10.3 Å². The number of alkyl carbamates (subject to hydrolysis) is 1. The fraction of sp³-hybridized carbons (Fsp3) is 0.750. The summed E-state index contributed by atoms with van der Waals surface area (Å²) >= 11 is 1.11. The number of carbonyl (C=O) groups is 3. The Kier molecular flexibility index (Phi) is 9.80. The first-order chi connectivity index (χ1) is 14.0. The number of nitrogens with zero attached hydrogens (tertiary/aromatic N) is 1. The van der Waals surface area contributed by atoms with Crippen molar-refractivity contribution in [2.24, 2.45) is 5.92 Å². The molecule has 0 bridgehead atoms. The molecule has 1 atom stereocenters. The lowest BCUT2D eigenvalue weighted by atomic mass is 9.88. The highest BCUT2D eigenvalue weighted by Crippen LogP contribution is 2.24. The van der Waals surface area contributed by atoms with Gasteiger partial charge in [-0.15, -0.1) is 4.31 Å². The number of esters is 1. The molecule has 3 N–H and O–H groups in total. The lowest BCUT2D eigenvalue weighted by Gasteiger charge is -2.33. The molecule has 1 aliphatic rings. The third-order valence-electron chi connectivity index (χ3n) is 4.70. The molecule has 0 aromatic heterocycles. The molecular weight excluding hydrogens is 408 g/mol. The molecule has 1 heterocycles. The predicted molar refractivity (Wildman–Crippen MR) is 116 cm³/mol. The topological polar surface area (TPSA) is 123 Å². The summed E-state index contributed by atoms with van der Waals surface area (Å²) in [5.74, 6) is -0.694. The van der Waals surface area contributed by atoms with Gasteiger partial charge in [-0.05, 0) is 53.2 Å². The van der Waals surface area contributed by atoms with Gasteiger partial charge >= 0.3 is 18.0 Å². The highest BCUT2D eigenvalue weighted by molar-refractivity contribution is 7.98. The summed E-state index contributed by atoms with van der Waals surface area (Å²) in [6.07, 6.45) is 2.36. The molecule has 1 aliphatic heterocycles. The first-order valence-electron chi connectivity index (χ1n) is 10.3. The van der Waals surface area contributed by atoms with Crippen LogP contribution in [-0.2, 0) is 19.1 Å². The maximum atomic E-state index is 13.0. The van der Waals surface area contributed by atoms with Crippen molar-refractivity contribution in [3.05, 3.63) is 0 Å². The summed E-state index contributed by atoms with van der Waals surface area (Å²) in [5.41, 5.74) is -1.15. The van der Waals surface area contributed by atoms with Gasteiger partial charge in [0.15, 0.2) is 0 Å². The highest BCUT2D eigenvalue weighted by Gasteiger charge is 2.44. The van der Waals surface area contributed by atoms with Gasteiger partial charge in [0, 0.05) is 17.7 Å². The molecular formula is C20H35N4O5S+. The van der Waals surface area contributed by atoms with Crippen molar-refractivity contribution in [3.63, 3.8) is 0 Å². The summed E-state index contributed by atoms with van der Waals surface area (Å²) in [6, 6.07) is 0. The molecule has 0 spiro atoms. The number of nitrogens with one attached hydrogen (secondary N) is 3.